The summed E-state index contributed by atoms with van der Waals surface area (Å²) in [4.78, 5) is 2.20. The van der Waals surface area contributed by atoms with Crippen molar-refractivity contribution < 1.29 is 12.8 Å². The molecule has 1 aromatic heterocycles. The number of rotatable bonds is 10. The monoisotopic (exact) mass is 562 g/mol. The van der Waals surface area contributed by atoms with Crippen LogP contribution in [0.25, 0.3) is 10.9 Å². The Morgan fingerprint density at radius 2 is 1.59 bits per heavy atom. The first-order valence-corrected chi connectivity index (χ1v) is 14.3. The Balaban J connectivity index is 1.81. The Hall–Kier alpha value is -2.65. The zero-order valence-corrected chi connectivity index (χ0v) is 23.3. The Kier molecular flexibility index (Phi) is 8.43. The molecule has 0 saturated carbocycles. The average Bonchev–Trinajstić information content (AvgIpc) is 3.24. The lowest BCUT2D eigenvalue weighted by molar-refractivity contribution is 0.415. The van der Waals surface area contributed by atoms with Crippen LogP contribution in [0.3, 0.4) is 0 Å². The van der Waals surface area contributed by atoms with Gasteiger partial charge in [0.2, 0.25) is 10.0 Å². The van der Waals surface area contributed by atoms with E-state index in [0.29, 0.717) is 46.4 Å². The Labute approximate surface area is 227 Å². The normalized spacial score (nSPS) is 12.0. The van der Waals surface area contributed by atoms with Crippen molar-refractivity contribution in [2.24, 2.45) is 0 Å². The van der Waals surface area contributed by atoms with Gasteiger partial charge in [-0.15, -0.1) is 0 Å². The maximum Gasteiger partial charge on any atom is 0.243 e. The molecular weight excluding hydrogens is 534 g/mol. The minimum Gasteiger partial charge on any atom is -0.355 e. The molecule has 10 heteroatoms. The van der Waals surface area contributed by atoms with Gasteiger partial charge in [0.05, 0.1) is 17.0 Å². The van der Waals surface area contributed by atoms with Gasteiger partial charge in [-0.25, -0.2) is 12.8 Å². The predicted octanol–water partition coefficient (Wildman–Crippen LogP) is 6.59. The van der Waals surface area contributed by atoms with Crippen LogP contribution in [-0.4, -0.2) is 42.1 Å². The number of halogens is 3. The summed E-state index contributed by atoms with van der Waals surface area (Å²) in [5.74, 6) is 0.243. The van der Waals surface area contributed by atoms with E-state index in [-0.39, 0.29) is 18.0 Å². The van der Waals surface area contributed by atoms with Gasteiger partial charge < -0.3 is 4.90 Å². The molecule has 0 aliphatic rings. The van der Waals surface area contributed by atoms with Crippen molar-refractivity contribution in [1.29, 1.82) is 0 Å². The SMILES string of the molecule is CCN(CC)c1nn(Cc2c(Cl)cccc2Cl)c2ccc(S(=O)(=O)N(CC)Cc3ccccc3F)cc12. The van der Waals surface area contributed by atoms with E-state index >= 15 is 0 Å². The highest BCUT2D eigenvalue weighted by molar-refractivity contribution is 7.89. The molecule has 0 radical (unpaired) electrons. The highest BCUT2D eigenvalue weighted by atomic mass is 35.5. The van der Waals surface area contributed by atoms with Crippen molar-refractivity contribution in [2.75, 3.05) is 24.5 Å². The van der Waals surface area contributed by atoms with Crippen molar-refractivity contribution in [3.63, 3.8) is 0 Å². The molecule has 4 rings (SSSR count). The quantitative estimate of drug-likeness (QED) is 0.219. The lowest BCUT2D eigenvalue weighted by atomic mass is 10.2. The van der Waals surface area contributed by atoms with Crippen molar-refractivity contribution in [3.8, 4) is 0 Å². The molecule has 196 valence electrons. The van der Waals surface area contributed by atoms with E-state index < -0.39 is 15.8 Å². The van der Waals surface area contributed by atoms with Crippen LogP contribution in [0.4, 0.5) is 10.2 Å². The average molecular weight is 564 g/mol. The minimum absolute atomic E-state index is 0.0588. The second-order valence-electron chi connectivity index (χ2n) is 8.56. The second-order valence-corrected chi connectivity index (χ2v) is 11.3. The van der Waals surface area contributed by atoms with E-state index in [9.17, 15) is 12.8 Å². The number of aromatic nitrogens is 2. The molecule has 3 aromatic carbocycles. The first kappa shape index (κ1) is 27.4. The fourth-order valence-electron chi connectivity index (χ4n) is 4.34. The highest BCUT2D eigenvalue weighted by Crippen LogP contribution is 2.32. The molecule has 0 fully saturated rings. The largest absolute Gasteiger partial charge is 0.355 e. The lowest BCUT2D eigenvalue weighted by Crippen LogP contribution is -2.30. The van der Waals surface area contributed by atoms with E-state index in [1.165, 1.54) is 10.4 Å². The van der Waals surface area contributed by atoms with Gasteiger partial charge in [0, 0.05) is 52.7 Å². The number of hydrogen-bond donors (Lipinski definition) is 0. The van der Waals surface area contributed by atoms with Crippen molar-refractivity contribution in [2.45, 2.75) is 38.8 Å². The van der Waals surface area contributed by atoms with Gasteiger partial charge in [0.1, 0.15) is 5.82 Å². The molecule has 1 heterocycles. The topological polar surface area (TPSA) is 58.4 Å². The number of hydrogen-bond acceptors (Lipinski definition) is 4. The van der Waals surface area contributed by atoms with Gasteiger partial charge in [0.15, 0.2) is 5.82 Å². The first-order valence-electron chi connectivity index (χ1n) is 12.1. The fraction of sp³-hybridized carbons (Fsp3) is 0.296. The summed E-state index contributed by atoms with van der Waals surface area (Å²) >= 11 is 12.8. The predicted molar refractivity (Wildman–Crippen MR) is 149 cm³/mol. The highest BCUT2D eigenvalue weighted by Gasteiger charge is 2.26. The molecule has 0 saturated heterocycles. The molecule has 0 spiro atoms. The molecule has 6 nitrogen and oxygen atoms in total. The van der Waals surface area contributed by atoms with Gasteiger partial charge in [-0.3, -0.25) is 4.68 Å². The Morgan fingerprint density at radius 1 is 0.919 bits per heavy atom. The number of benzene rings is 3. The third-order valence-electron chi connectivity index (χ3n) is 6.43. The smallest absolute Gasteiger partial charge is 0.243 e. The number of nitrogens with zero attached hydrogens (tertiary/aromatic N) is 4. The molecule has 0 aliphatic carbocycles. The molecule has 0 atom stereocenters. The second kappa shape index (κ2) is 11.4. The summed E-state index contributed by atoms with van der Waals surface area (Å²) in [5, 5.41) is 6.61. The summed E-state index contributed by atoms with van der Waals surface area (Å²) in [6, 6.07) is 16.5. The third-order valence-corrected chi connectivity index (χ3v) is 9.06. The zero-order valence-electron chi connectivity index (χ0n) is 21.0. The summed E-state index contributed by atoms with van der Waals surface area (Å²) < 4.78 is 44.7. The molecule has 37 heavy (non-hydrogen) atoms. The van der Waals surface area contributed by atoms with Crippen LogP contribution in [0.1, 0.15) is 31.9 Å². The summed E-state index contributed by atoms with van der Waals surface area (Å²) in [6.45, 7) is 7.64. The summed E-state index contributed by atoms with van der Waals surface area (Å²) in [5.41, 5.74) is 1.82. The van der Waals surface area contributed by atoms with Crippen LogP contribution in [0.2, 0.25) is 10.0 Å². The first-order chi connectivity index (χ1) is 17.7. The van der Waals surface area contributed by atoms with E-state index in [4.69, 9.17) is 28.3 Å². The zero-order chi connectivity index (χ0) is 26.7. The Morgan fingerprint density at radius 3 is 2.22 bits per heavy atom. The van der Waals surface area contributed by atoms with Crippen LogP contribution in [0.5, 0.6) is 0 Å². The van der Waals surface area contributed by atoms with Crippen molar-refractivity contribution >= 4 is 49.9 Å². The van der Waals surface area contributed by atoms with Gasteiger partial charge in [-0.1, -0.05) is 54.4 Å². The summed E-state index contributed by atoms with van der Waals surface area (Å²) in [6.07, 6.45) is 0. The van der Waals surface area contributed by atoms with Crippen molar-refractivity contribution in [3.05, 3.63) is 87.7 Å². The number of sulfonamides is 1. The summed E-state index contributed by atoms with van der Waals surface area (Å²) in [7, 11) is -3.91. The van der Waals surface area contributed by atoms with E-state index in [1.807, 2.05) is 13.8 Å². The van der Waals surface area contributed by atoms with Gasteiger partial charge in [-0.2, -0.15) is 9.40 Å². The molecule has 0 unspecified atom stereocenters. The van der Waals surface area contributed by atoms with E-state index in [1.54, 1.807) is 66.2 Å². The molecular formula is C27H29Cl2FN4O2S. The minimum atomic E-state index is -3.91. The Bertz CT molecular complexity index is 1500. The molecule has 0 bridgehead atoms. The fourth-order valence-corrected chi connectivity index (χ4v) is 6.32. The van der Waals surface area contributed by atoms with Crippen LogP contribution in [0, 0.1) is 5.82 Å². The standard InChI is InChI=1S/C27H29Cl2FN4O2S/c1-4-32(5-2)27-21-16-20(37(35,36)33(6-3)17-19-10-7-8-13-25(19)30)14-15-26(21)34(31-27)18-22-23(28)11-9-12-24(22)29/h7-16H,4-6,17-18H2,1-3H3. The van der Waals surface area contributed by atoms with E-state index in [2.05, 4.69) is 4.90 Å². The van der Waals surface area contributed by atoms with Crippen LogP contribution in [-0.2, 0) is 23.1 Å². The number of anilines is 1. The molecule has 4 aromatic rings. The lowest BCUT2D eigenvalue weighted by Gasteiger charge is -2.21. The van der Waals surface area contributed by atoms with Crippen LogP contribution in [0.15, 0.2) is 65.6 Å². The maximum absolute atomic E-state index is 14.3. The molecule has 0 N–H and O–H groups in total. The van der Waals surface area contributed by atoms with Gasteiger partial charge in [-0.05, 0) is 50.2 Å². The van der Waals surface area contributed by atoms with E-state index in [0.717, 1.165) is 11.1 Å². The molecule has 0 amide bonds. The van der Waals surface area contributed by atoms with Crippen LogP contribution < -0.4 is 4.90 Å². The third kappa shape index (κ3) is 5.48. The van der Waals surface area contributed by atoms with Crippen LogP contribution >= 0.6 is 23.2 Å². The number of fused-ring (bicyclic) bond motifs is 1. The maximum atomic E-state index is 14.3. The molecule has 0 aliphatic heterocycles. The van der Waals surface area contributed by atoms with Crippen molar-refractivity contribution in [1.82, 2.24) is 14.1 Å². The van der Waals surface area contributed by atoms with Gasteiger partial charge >= 0.3 is 0 Å². The van der Waals surface area contributed by atoms with Gasteiger partial charge in [0.25, 0.3) is 0 Å².